The van der Waals surface area contributed by atoms with Crippen LogP contribution >= 0.6 is 0 Å². The Morgan fingerprint density at radius 3 is 1.09 bits per heavy atom. The highest BCUT2D eigenvalue weighted by molar-refractivity contribution is 5.53. The Morgan fingerprint density at radius 2 is 0.758 bits per heavy atom. The molecule has 4 aromatic carbocycles. The number of aromatic hydroxyl groups is 4. The Morgan fingerprint density at radius 1 is 0.455 bits per heavy atom. The number of aryl methyl sites for hydroxylation is 2. The third-order valence-electron chi connectivity index (χ3n) is 5.95. The second kappa shape index (κ2) is 9.29. The summed E-state index contributed by atoms with van der Waals surface area (Å²) in [6.45, 7) is 3.94. The minimum Gasteiger partial charge on any atom is -0.508 e. The molecule has 0 fully saturated rings. The van der Waals surface area contributed by atoms with E-state index in [9.17, 15) is 20.4 Å². The monoisotopic (exact) mass is 440 g/mol. The molecule has 4 aromatic rings. The van der Waals surface area contributed by atoms with Gasteiger partial charge in [-0.25, -0.2) is 0 Å². The molecule has 0 bridgehead atoms. The molecule has 0 aliphatic carbocycles. The Labute approximate surface area is 194 Å². The van der Waals surface area contributed by atoms with E-state index < -0.39 is 0 Å². The average molecular weight is 441 g/mol. The van der Waals surface area contributed by atoms with Gasteiger partial charge in [0.2, 0.25) is 0 Å². The first kappa shape index (κ1) is 22.3. The molecule has 0 spiro atoms. The molecule has 0 saturated heterocycles. The van der Waals surface area contributed by atoms with Crippen LogP contribution in [0.4, 0.5) is 0 Å². The number of phenolic OH excluding ortho intramolecular Hbond substituents is 4. The highest BCUT2D eigenvalue weighted by atomic mass is 16.3. The van der Waals surface area contributed by atoms with Crippen LogP contribution in [0.1, 0.15) is 44.5 Å². The number of hydrogen-bond acceptors (Lipinski definition) is 4. The lowest BCUT2D eigenvalue weighted by molar-refractivity contribution is 0.454. The largest absolute Gasteiger partial charge is 0.508 e. The third-order valence-corrected chi connectivity index (χ3v) is 5.95. The molecule has 0 radical (unpaired) electrons. The maximum Gasteiger partial charge on any atom is 0.122 e. The summed E-state index contributed by atoms with van der Waals surface area (Å²) in [6, 6.07) is 21.9. The van der Waals surface area contributed by atoms with Gasteiger partial charge in [0.25, 0.3) is 0 Å². The Hall–Kier alpha value is -3.92. The lowest BCUT2D eigenvalue weighted by atomic mass is 9.92. The Balaban J connectivity index is 1.68. The number of para-hydroxylation sites is 2. The van der Waals surface area contributed by atoms with Crippen molar-refractivity contribution in [2.75, 3.05) is 0 Å². The molecule has 0 heterocycles. The maximum absolute atomic E-state index is 11.0. The minimum atomic E-state index is 0.173. The lowest BCUT2D eigenvalue weighted by Crippen LogP contribution is -1.99. The zero-order chi connectivity index (χ0) is 23.5. The number of benzene rings is 4. The van der Waals surface area contributed by atoms with Crippen molar-refractivity contribution >= 4 is 0 Å². The van der Waals surface area contributed by atoms with Gasteiger partial charge in [0.1, 0.15) is 23.0 Å². The standard InChI is InChI=1S/C29H28O4/c1-18-11-22(15-20-7-3-5-9-26(20)30)28(32)24(13-18)17-25-14-19(2)12-23(29(25)33)16-21-8-4-6-10-27(21)31/h3-14,30-33H,15-17H2,1-2H3. The highest BCUT2D eigenvalue weighted by Gasteiger charge is 2.16. The molecule has 0 aromatic heterocycles. The fourth-order valence-electron chi connectivity index (χ4n) is 4.34. The van der Waals surface area contributed by atoms with Crippen molar-refractivity contribution in [3.63, 3.8) is 0 Å². The Kier molecular flexibility index (Phi) is 6.27. The molecule has 4 rings (SSSR count). The van der Waals surface area contributed by atoms with Gasteiger partial charge in [0, 0.05) is 19.3 Å². The average Bonchev–Trinajstić information content (AvgIpc) is 2.77. The Bertz CT molecular complexity index is 1210. The van der Waals surface area contributed by atoms with Gasteiger partial charge in [0.15, 0.2) is 0 Å². The van der Waals surface area contributed by atoms with Crippen molar-refractivity contribution < 1.29 is 20.4 Å². The molecule has 4 nitrogen and oxygen atoms in total. The summed E-state index contributed by atoms with van der Waals surface area (Å²) >= 11 is 0. The van der Waals surface area contributed by atoms with Crippen LogP contribution < -0.4 is 0 Å². The van der Waals surface area contributed by atoms with E-state index in [0.29, 0.717) is 19.3 Å². The van der Waals surface area contributed by atoms with Gasteiger partial charge >= 0.3 is 0 Å². The molecule has 4 heteroatoms. The van der Waals surface area contributed by atoms with E-state index in [4.69, 9.17) is 0 Å². The van der Waals surface area contributed by atoms with E-state index >= 15 is 0 Å². The minimum absolute atomic E-state index is 0.173. The van der Waals surface area contributed by atoms with Gasteiger partial charge in [-0.15, -0.1) is 0 Å². The SMILES string of the molecule is Cc1cc(Cc2ccccc2O)c(O)c(Cc2cc(C)cc(Cc3ccccc3O)c2O)c1. The number of hydrogen-bond donors (Lipinski definition) is 4. The first-order chi connectivity index (χ1) is 15.8. The number of rotatable bonds is 6. The van der Waals surface area contributed by atoms with E-state index in [-0.39, 0.29) is 23.0 Å². The zero-order valence-corrected chi connectivity index (χ0v) is 18.8. The van der Waals surface area contributed by atoms with Crippen LogP contribution in [0, 0.1) is 13.8 Å². The summed E-state index contributed by atoms with van der Waals surface area (Å²) < 4.78 is 0. The van der Waals surface area contributed by atoms with Crippen LogP contribution in [0.15, 0.2) is 72.8 Å². The summed E-state index contributed by atoms with van der Waals surface area (Å²) in [5.74, 6) is 0.745. The second-order valence-corrected chi connectivity index (χ2v) is 8.65. The molecule has 0 saturated carbocycles. The zero-order valence-electron chi connectivity index (χ0n) is 18.8. The quantitative estimate of drug-likeness (QED) is 0.301. The first-order valence-electron chi connectivity index (χ1n) is 11.0. The normalized spacial score (nSPS) is 11.0. The molecule has 0 aliphatic rings. The van der Waals surface area contributed by atoms with Crippen LogP contribution in [-0.4, -0.2) is 20.4 Å². The van der Waals surface area contributed by atoms with Crippen molar-refractivity contribution in [3.05, 3.63) is 117 Å². The molecule has 0 amide bonds. The summed E-state index contributed by atoms with van der Waals surface area (Å²) in [6.07, 6.45) is 1.18. The summed E-state index contributed by atoms with van der Waals surface area (Å²) in [5.41, 5.74) is 6.37. The van der Waals surface area contributed by atoms with Gasteiger partial charge in [-0.2, -0.15) is 0 Å². The van der Waals surface area contributed by atoms with Gasteiger partial charge in [0.05, 0.1) is 0 Å². The van der Waals surface area contributed by atoms with Crippen LogP contribution in [0.25, 0.3) is 0 Å². The third kappa shape index (κ3) is 4.96. The fraction of sp³-hybridized carbons (Fsp3) is 0.172. The van der Waals surface area contributed by atoms with Crippen molar-refractivity contribution in [1.29, 1.82) is 0 Å². The summed E-state index contributed by atoms with van der Waals surface area (Å²) in [5, 5.41) is 42.3. The molecule has 0 atom stereocenters. The van der Waals surface area contributed by atoms with E-state index in [2.05, 4.69) is 0 Å². The molecule has 0 unspecified atom stereocenters. The van der Waals surface area contributed by atoms with E-state index in [1.165, 1.54) is 0 Å². The van der Waals surface area contributed by atoms with Gasteiger partial charge in [-0.3, -0.25) is 0 Å². The van der Waals surface area contributed by atoms with E-state index in [0.717, 1.165) is 44.5 Å². The molecule has 168 valence electrons. The van der Waals surface area contributed by atoms with Gasteiger partial charge in [-0.05, 0) is 59.4 Å². The van der Waals surface area contributed by atoms with Gasteiger partial charge < -0.3 is 20.4 Å². The van der Waals surface area contributed by atoms with Crippen molar-refractivity contribution in [1.82, 2.24) is 0 Å². The van der Waals surface area contributed by atoms with Gasteiger partial charge in [-0.1, -0.05) is 71.8 Å². The molecule has 0 aliphatic heterocycles. The smallest absolute Gasteiger partial charge is 0.122 e. The number of phenols is 4. The lowest BCUT2D eigenvalue weighted by Gasteiger charge is -2.16. The molecule has 33 heavy (non-hydrogen) atoms. The molecular formula is C29H28O4. The molecule has 4 N–H and O–H groups in total. The summed E-state index contributed by atoms with van der Waals surface area (Å²) in [4.78, 5) is 0. The summed E-state index contributed by atoms with van der Waals surface area (Å²) in [7, 11) is 0. The van der Waals surface area contributed by atoms with Crippen LogP contribution in [-0.2, 0) is 19.3 Å². The highest BCUT2D eigenvalue weighted by Crippen LogP contribution is 2.35. The van der Waals surface area contributed by atoms with E-state index in [1.807, 2.05) is 62.4 Å². The second-order valence-electron chi connectivity index (χ2n) is 8.65. The van der Waals surface area contributed by atoms with Crippen molar-refractivity contribution in [2.45, 2.75) is 33.1 Å². The van der Waals surface area contributed by atoms with Crippen LogP contribution in [0.5, 0.6) is 23.0 Å². The maximum atomic E-state index is 11.0. The predicted octanol–water partition coefficient (Wildman–Crippen LogP) is 5.90. The fourth-order valence-corrected chi connectivity index (χ4v) is 4.34. The van der Waals surface area contributed by atoms with Crippen LogP contribution in [0.2, 0.25) is 0 Å². The van der Waals surface area contributed by atoms with Crippen molar-refractivity contribution in [3.8, 4) is 23.0 Å². The van der Waals surface area contributed by atoms with Crippen LogP contribution in [0.3, 0.4) is 0 Å². The van der Waals surface area contributed by atoms with E-state index in [1.54, 1.807) is 24.3 Å². The topological polar surface area (TPSA) is 80.9 Å². The first-order valence-corrected chi connectivity index (χ1v) is 11.0. The van der Waals surface area contributed by atoms with Crippen molar-refractivity contribution in [2.24, 2.45) is 0 Å². The predicted molar refractivity (Wildman–Crippen MR) is 130 cm³/mol. The molecular weight excluding hydrogens is 412 g/mol.